The average molecular weight is 375 g/mol. The van der Waals surface area contributed by atoms with Gasteiger partial charge in [-0.3, -0.25) is 4.79 Å². The zero-order chi connectivity index (χ0) is 20.6. The summed E-state index contributed by atoms with van der Waals surface area (Å²) in [6.07, 6.45) is 0.258. The van der Waals surface area contributed by atoms with E-state index >= 15 is 0 Å². The van der Waals surface area contributed by atoms with Gasteiger partial charge in [0.25, 0.3) is 0 Å². The van der Waals surface area contributed by atoms with Gasteiger partial charge in [0.1, 0.15) is 6.04 Å². The zero-order valence-corrected chi connectivity index (χ0v) is 16.4. The molecule has 0 heterocycles. The van der Waals surface area contributed by atoms with Crippen molar-refractivity contribution in [3.8, 4) is 0 Å². The molecule has 2 atom stereocenters. The van der Waals surface area contributed by atoms with Crippen LogP contribution in [0.25, 0.3) is 0 Å². The molecule has 1 rings (SSSR count). The van der Waals surface area contributed by atoms with Gasteiger partial charge in [-0.15, -0.1) is 0 Å². The first-order chi connectivity index (χ1) is 12.6. The van der Waals surface area contributed by atoms with Gasteiger partial charge in [-0.05, 0) is 31.7 Å². The molecular formula is C21H29NO5. The normalized spacial score (nSPS) is 13.1. The van der Waals surface area contributed by atoms with Crippen LogP contribution in [0.3, 0.4) is 0 Å². The van der Waals surface area contributed by atoms with Gasteiger partial charge in [-0.2, -0.15) is 0 Å². The van der Waals surface area contributed by atoms with Crippen molar-refractivity contribution in [2.24, 2.45) is 11.8 Å². The van der Waals surface area contributed by atoms with E-state index in [1.165, 1.54) is 0 Å². The van der Waals surface area contributed by atoms with E-state index in [0.717, 1.165) is 5.56 Å². The van der Waals surface area contributed by atoms with E-state index in [9.17, 15) is 19.5 Å². The second-order valence-electron chi connectivity index (χ2n) is 7.25. The van der Waals surface area contributed by atoms with Crippen LogP contribution in [-0.2, 0) is 25.5 Å². The minimum absolute atomic E-state index is 0.0899. The minimum atomic E-state index is -1.22. The van der Waals surface area contributed by atoms with Crippen molar-refractivity contribution in [2.45, 2.75) is 52.7 Å². The summed E-state index contributed by atoms with van der Waals surface area (Å²) < 4.78 is 5.26. The van der Waals surface area contributed by atoms with Crippen molar-refractivity contribution in [1.82, 2.24) is 5.32 Å². The fraction of sp³-hybridized carbons (Fsp3) is 0.476. The molecule has 0 aliphatic rings. The number of esters is 1. The van der Waals surface area contributed by atoms with Gasteiger partial charge in [0.15, 0.2) is 0 Å². The van der Waals surface area contributed by atoms with Crippen LogP contribution in [0.5, 0.6) is 0 Å². The fourth-order valence-corrected chi connectivity index (χ4v) is 2.66. The first-order valence-corrected chi connectivity index (χ1v) is 9.08. The summed E-state index contributed by atoms with van der Waals surface area (Å²) in [6.45, 7) is 10.8. The zero-order valence-electron chi connectivity index (χ0n) is 16.4. The topological polar surface area (TPSA) is 92.7 Å². The Morgan fingerprint density at radius 2 is 1.70 bits per heavy atom. The summed E-state index contributed by atoms with van der Waals surface area (Å²) in [5, 5.41) is 11.9. The molecule has 27 heavy (non-hydrogen) atoms. The number of hydrogen-bond acceptors (Lipinski definition) is 4. The predicted molar refractivity (Wildman–Crippen MR) is 103 cm³/mol. The molecule has 0 spiro atoms. The number of rotatable bonds is 10. The van der Waals surface area contributed by atoms with Crippen LogP contribution >= 0.6 is 0 Å². The molecule has 6 nitrogen and oxygen atoms in total. The van der Waals surface area contributed by atoms with E-state index in [-0.39, 0.29) is 24.0 Å². The molecule has 1 amide bonds. The second kappa shape index (κ2) is 10.5. The van der Waals surface area contributed by atoms with E-state index in [1.807, 2.05) is 44.2 Å². The lowest BCUT2D eigenvalue weighted by molar-refractivity contribution is -0.151. The van der Waals surface area contributed by atoms with Gasteiger partial charge in [0.2, 0.25) is 5.91 Å². The summed E-state index contributed by atoms with van der Waals surface area (Å²) in [5.41, 5.74) is 0.679. The average Bonchev–Trinajstić information content (AvgIpc) is 2.58. The molecule has 148 valence electrons. The van der Waals surface area contributed by atoms with Gasteiger partial charge in [-0.25, -0.2) is 9.59 Å². The van der Waals surface area contributed by atoms with Crippen molar-refractivity contribution < 1.29 is 24.2 Å². The van der Waals surface area contributed by atoms with Crippen LogP contribution in [0.4, 0.5) is 0 Å². The minimum Gasteiger partial charge on any atom is -0.478 e. The molecule has 2 N–H and O–H groups in total. The van der Waals surface area contributed by atoms with Crippen LogP contribution in [0, 0.1) is 11.8 Å². The molecule has 0 saturated carbocycles. The quantitative estimate of drug-likeness (QED) is 0.484. The molecule has 1 aromatic carbocycles. The first kappa shape index (κ1) is 22.4. The number of amides is 1. The largest absolute Gasteiger partial charge is 0.478 e. The summed E-state index contributed by atoms with van der Waals surface area (Å²) >= 11 is 0. The third-order valence-corrected chi connectivity index (χ3v) is 3.95. The molecule has 6 heteroatoms. The van der Waals surface area contributed by atoms with E-state index in [0.29, 0.717) is 6.42 Å². The Bertz CT molecular complexity index is 666. The summed E-state index contributed by atoms with van der Waals surface area (Å²) in [7, 11) is 0. The lowest BCUT2D eigenvalue weighted by Gasteiger charge is -2.24. The van der Waals surface area contributed by atoms with Gasteiger partial charge >= 0.3 is 11.9 Å². The number of carbonyl (C=O) groups excluding carboxylic acids is 2. The molecule has 0 aliphatic heterocycles. The van der Waals surface area contributed by atoms with Crippen molar-refractivity contribution in [3.05, 3.63) is 48.0 Å². The summed E-state index contributed by atoms with van der Waals surface area (Å²) in [6, 6.07) is 8.34. The third-order valence-electron chi connectivity index (χ3n) is 3.95. The molecule has 0 unspecified atom stereocenters. The van der Waals surface area contributed by atoms with E-state index in [1.54, 1.807) is 13.8 Å². The smallest absolute Gasteiger partial charge is 0.331 e. The van der Waals surface area contributed by atoms with Gasteiger partial charge in [-0.1, -0.05) is 50.8 Å². The maximum atomic E-state index is 12.8. The Labute approximate surface area is 160 Å². The van der Waals surface area contributed by atoms with Crippen molar-refractivity contribution in [1.29, 1.82) is 0 Å². The number of carboxylic acid groups (broad SMARTS) is 1. The van der Waals surface area contributed by atoms with E-state index in [2.05, 4.69) is 11.9 Å². The molecule has 0 aromatic heterocycles. The van der Waals surface area contributed by atoms with E-state index in [4.69, 9.17) is 4.74 Å². The summed E-state index contributed by atoms with van der Waals surface area (Å²) in [5.74, 6) is -3.12. The molecule has 1 aromatic rings. The fourth-order valence-electron chi connectivity index (χ4n) is 2.66. The SMILES string of the molecule is C=C(C(=O)O)[C@@H](CC(C)C)C(=O)N[C@@H](Cc1ccccc1)C(=O)OC(C)C. The number of carbonyl (C=O) groups is 3. The van der Waals surface area contributed by atoms with Gasteiger partial charge < -0.3 is 15.2 Å². The summed E-state index contributed by atoms with van der Waals surface area (Å²) in [4.78, 5) is 36.6. The first-order valence-electron chi connectivity index (χ1n) is 9.08. The maximum absolute atomic E-state index is 12.8. The Hall–Kier alpha value is -2.63. The highest BCUT2D eigenvalue weighted by Gasteiger charge is 2.31. The highest BCUT2D eigenvalue weighted by atomic mass is 16.5. The van der Waals surface area contributed by atoms with E-state index < -0.39 is 29.8 Å². The predicted octanol–water partition coefficient (Wildman–Crippen LogP) is 2.97. The monoisotopic (exact) mass is 375 g/mol. The van der Waals surface area contributed by atoms with Crippen LogP contribution in [0.15, 0.2) is 42.5 Å². The van der Waals surface area contributed by atoms with Crippen LogP contribution in [-0.4, -0.2) is 35.1 Å². The standard InChI is InChI=1S/C21H29NO5/c1-13(2)11-17(15(5)20(24)25)19(23)22-18(21(26)27-14(3)4)12-16-9-7-6-8-10-16/h6-10,13-14,17-18H,5,11-12H2,1-4H3,(H,22,23)(H,24,25)/t17-,18+/m1/s1. The Morgan fingerprint density at radius 1 is 1.11 bits per heavy atom. The van der Waals surface area contributed by atoms with Crippen molar-refractivity contribution >= 4 is 17.8 Å². The second-order valence-corrected chi connectivity index (χ2v) is 7.25. The maximum Gasteiger partial charge on any atom is 0.331 e. The molecule has 0 radical (unpaired) electrons. The van der Waals surface area contributed by atoms with Crippen LogP contribution in [0.2, 0.25) is 0 Å². The molecule has 0 aliphatic carbocycles. The number of carboxylic acids is 1. The Balaban J connectivity index is 3.02. The Morgan fingerprint density at radius 3 is 2.19 bits per heavy atom. The number of nitrogens with one attached hydrogen (secondary N) is 1. The van der Waals surface area contributed by atoms with Crippen molar-refractivity contribution in [2.75, 3.05) is 0 Å². The van der Waals surface area contributed by atoms with Gasteiger partial charge in [0, 0.05) is 12.0 Å². The number of aliphatic carboxylic acids is 1. The lowest BCUT2D eigenvalue weighted by Crippen LogP contribution is -2.47. The highest BCUT2D eigenvalue weighted by Crippen LogP contribution is 2.20. The van der Waals surface area contributed by atoms with Crippen molar-refractivity contribution in [3.63, 3.8) is 0 Å². The molecule has 0 fully saturated rings. The molecule has 0 saturated heterocycles. The van der Waals surface area contributed by atoms with Crippen LogP contribution < -0.4 is 5.32 Å². The Kier molecular flexibility index (Phi) is 8.72. The number of benzene rings is 1. The van der Waals surface area contributed by atoms with Gasteiger partial charge in [0.05, 0.1) is 12.0 Å². The highest BCUT2D eigenvalue weighted by molar-refractivity contribution is 5.96. The number of hydrogen-bond donors (Lipinski definition) is 2. The molecular weight excluding hydrogens is 346 g/mol. The number of ether oxygens (including phenoxy) is 1. The third kappa shape index (κ3) is 7.64. The molecule has 0 bridgehead atoms. The lowest BCUT2D eigenvalue weighted by atomic mass is 9.89. The van der Waals surface area contributed by atoms with Crippen LogP contribution in [0.1, 0.15) is 39.7 Å².